The van der Waals surface area contributed by atoms with E-state index in [9.17, 15) is 12.3 Å². The fourth-order valence-electron chi connectivity index (χ4n) is 0.592. The fraction of sp³-hybridized carbons (Fsp3) is 1.00. The molecule has 68 valence electrons. The number of methoxy groups -OCH3 is 2. The molecule has 0 unspecified atom stereocenters. The van der Waals surface area contributed by atoms with Crippen molar-refractivity contribution in [3.8, 4) is 0 Å². The Morgan fingerprint density at radius 2 is 2.00 bits per heavy atom. The zero-order valence-electron chi connectivity index (χ0n) is 6.41. The summed E-state index contributed by atoms with van der Waals surface area (Å²) in [6, 6.07) is 0. The van der Waals surface area contributed by atoms with Crippen LogP contribution in [0.5, 0.6) is 0 Å². The van der Waals surface area contributed by atoms with E-state index >= 15 is 0 Å². The van der Waals surface area contributed by atoms with E-state index in [1.807, 2.05) is 0 Å². The molecule has 0 rings (SSSR count). The Kier molecular flexibility index (Phi) is 4.55. The lowest BCUT2D eigenvalue weighted by atomic mass is 10.4. The lowest BCUT2D eigenvalue weighted by Gasteiger charge is -2.10. The Morgan fingerprint density at radius 1 is 1.45 bits per heavy atom. The number of halogens is 1. The Balaban J connectivity index is 3.88. The molecule has 0 saturated heterocycles. The summed E-state index contributed by atoms with van der Waals surface area (Å²) in [6.45, 7) is 0.0691. The van der Waals surface area contributed by atoms with Crippen molar-refractivity contribution >= 4 is 10.2 Å². The topological polar surface area (TPSA) is 52.6 Å². The van der Waals surface area contributed by atoms with Crippen molar-refractivity contribution in [2.75, 3.05) is 26.6 Å². The number of ether oxygens (including phenoxy) is 2. The van der Waals surface area contributed by atoms with Gasteiger partial charge in [-0.15, -0.1) is 3.89 Å². The summed E-state index contributed by atoms with van der Waals surface area (Å²) in [4.78, 5) is 0. The summed E-state index contributed by atoms with van der Waals surface area (Å²) >= 11 is 0. The highest BCUT2D eigenvalue weighted by molar-refractivity contribution is 7.86. The van der Waals surface area contributed by atoms with Crippen molar-refractivity contribution in [3.63, 3.8) is 0 Å². The van der Waals surface area contributed by atoms with Crippen LogP contribution in [0.2, 0.25) is 0 Å². The SMILES string of the molecule is COC[C@@H](CS(=O)(=O)F)OC. The fourth-order valence-corrected chi connectivity index (χ4v) is 1.27. The third-order valence-electron chi connectivity index (χ3n) is 1.07. The molecule has 11 heavy (non-hydrogen) atoms. The highest BCUT2D eigenvalue weighted by atomic mass is 32.3. The van der Waals surface area contributed by atoms with Crippen molar-refractivity contribution in [2.45, 2.75) is 6.10 Å². The molecule has 0 heterocycles. The maximum Gasteiger partial charge on any atom is 0.305 e. The first-order chi connectivity index (χ1) is 4.99. The van der Waals surface area contributed by atoms with Crippen LogP contribution < -0.4 is 0 Å². The van der Waals surface area contributed by atoms with Crippen LogP contribution in [-0.2, 0) is 19.7 Å². The second-order valence-corrected chi connectivity index (χ2v) is 3.43. The van der Waals surface area contributed by atoms with Crippen molar-refractivity contribution < 1.29 is 21.8 Å². The van der Waals surface area contributed by atoms with Gasteiger partial charge in [0.1, 0.15) is 5.75 Å². The van der Waals surface area contributed by atoms with Crippen molar-refractivity contribution in [1.29, 1.82) is 0 Å². The zero-order valence-corrected chi connectivity index (χ0v) is 7.23. The average molecular weight is 186 g/mol. The Hall–Kier alpha value is -0.200. The maximum atomic E-state index is 12.0. The van der Waals surface area contributed by atoms with E-state index < -0.39 is 22.1 Å². The van der Waals surface area contributed by atoms with Gasteiger partial charge in [0, 0.05) is 14.2 Å². The standard InChI is InChI=1S/C5H11FO4S/c1-9-3-5(10-2)4-11(6,7)8/h5H,3-4H2,1-2H3/t5-/m0/s1. The molecular weight excluding hydrogens is 175 g/mol. The van der Waals surface area contributed by atoms with Crippen LogP contribution in [0, 0.1) is 0 Å². The molecule has 0 fully saturated rings. The van der Waals surface area contributed by atoms with Gasteiger partial charge in [0.2, 0.25) is 0 Å². The van der Waals surface area contributed by atoms with Crippen LogP contribution >= 0.6 is 0 Å². The van der Waals surface area contributed by atoms with Gasteiger partial charge >= 0.3 is 10.2 Å². The number of rotatable bonds is 5. The van der Waals surface area contributed by atoms with Gasteiger partial charge in [-0.25, -0.2) is 0 Å². The van der Waals surface area contributed by atoms with Gasteiger partial charge in [-0.2, -0.15) is 8.42 Å². The minimum absolute atomic E-state index is 0.0691. The maximum absolute atomic E-state index is 12.0. The molecule has 0 saturated carbocycles. The molecule has 0 radical (unpaired) electrons. The molecule has 0 aliphatic rings. The molecule has 0 spiro atoms. The Labute approximate surface area is 65.5 Å². The lowest BCUT2D eigenvalue weighted by Crippen LogP contribution is -2.25. The van der Waals surface area contributed by atoms with Crippen LogP contribution in [0.1, 0.15) is 0 Å². The lowest BCUT2D eigenvalue weighted by molar-refractivity contribution is 0.0416. The van der Waals surface area contributed by atoms with Crippen LogP contribution in [-0.4, -0.2) is 41.1 Å². The van der Waals surface area contributed by atoms with Crippen LogP contribution in [0.4, 0.5) is 3.89 Å². The minimum Gasteiger partial charge on any atom is -0.382 e. The van der Waals surface area contributed by atoms with Gasteiger partial charge in [0.05, 0.1) is 12.7 Å². The molecule has 1 atom stereocenters. The smallest absolute Gasteiger partial charge is 0.305 e. The molecule has 0 aliphatic heterocycles. The second kappa shape index (κ2) is 4.63. The first-order valence-electron chi connectivity index (χ1n) is 2.93. The summed E-state index contributed by atoms with van der Waals surface area (Å²) in [5.41, 5.74) is 0. The molecule has 0 aliphatic carbocycles. The van der Waals surface area contributed by atoms with E-state index in [1.54, 1.807) is 0 Å². The molecular formula is C5H11FO4S. The Bertz CT molecular complexity index is 189. The summed E-state index contributed by atoms with van der Waals surface area (Å²) in [7, 11) is -1.78. The van der Waals surface area contributed by atoms with Gasteiger partial charge in [0.25, 0.3) is 0 Å². The average Bonchev–Trinajstić information content (AvgIpc) is 1.84. The molecule has 0 bridgehead atoms. The zero-order chi connectivity index (χ0) is 8.91. The monoisotopic (exact) mass is 186 g/mol. The van der Waals surface area contributed by atoms with E-state index in [4.69, 9.17) is 0 Å². The van der Waals surface area contributed by atoms with Crippen LogP contribution in [0.3, 0.4) is 0 Å². The van der Waals surface area contributed by atoms with E-state index in [0.29, 0.717) is 0 Å². The van der Waals surface area contributed by atoms with Crippen molar-refractivity contribution in [1.82, 2.24) is 0 Å². The van der Waals surface area contributed by atoms with E-state index in [1.165, 1.54) is 14.2 Å². The van der Waals surface area contributed by atoms with Crippen LogP contribution in [0.25, 0.3) is 0 Å². The van der Waals surface area contributed by atoms with Gasteiger partial charge in [-0.05, 0) is 0 Å². The van der Waals surface area contributed by atoms with Gasteiger partial charge in [0.15, 0.2) is 0 Å². The third-order valence-corrected chi connectivity index (χ3v) is 1.84. The summed E-state index contributed by atoms with van der Waals surface area (Å²) < 4.78 is 41.3. The molecule has 0 aromatic rings. The first kappa shape index (κ1) is 10.8. The number of hydrogen-bond acceptors (Lipinski definition) is 4. The molecule has 0 aromatic carbocycles. The largest absolute Gasteiger partial charge is 0.382 e. The molecule has 0 aromatic heterocycles. The van der Waals surface area contributed by atoms with Crippen molar-refractivity contribution in [3.05, 3.63) is 0 Å². The summed E-state index contributed by atoms with van der Waals surface area (Å²) in [6.07, 6.45) is -0.727. The normalized spacial score (nSPS) is 14.8. The summed E-state index contributed by atoms with van der Waals surface area (Å²) in [5.74, 6) is -0.655. The molecule has 0 N–H and O–H groups in total. The van der Waals surface area contributed by atoms with Gasteiger partial charge in [-0.3, -0.25) is 0 Å². The summed E-state index contributed by atoms with van der Waals surface area (Å²) in [5, 5.41) is 0. The van der Waals surface area contributed by atoms with Crippen LogP contribution in [0.15, 0.2) is 0 Å². The highest BCUT2D eigenvalue weighted by Crippen LogP contribution is 1.99. The molecule has 6 heteroatoms. The van der Waals surface area contributed by atoms with Crippen molar-refractivity contribution in [2.24, 2.45) is 0 Å². The molecule has 0 amide bonds. The second-order valence-electron chi connectivity index (χ2n) is 2.02. The minimum atomic E-state index is -4.46. The van der Waals surface area contributed by atoms with E-state index in [-0.39, 0.29) is 6.61 Å². The highest BCUT2D eigenvalue weighted by Gasteiger charge is 2.17. The molecule has 4 nitrogen and oxygen atoms in total. The van der Waals surface area contributed by atoms with E-state index in [2.05, 4.69) is 9.47 Å². The predicted octanol–water partition coefficient (Wildman–Crippen LogP) is -0.0529. The Morgan fingerprint density at radius 3 is 2.27 bits per heavy atom. The van der Waals surface area contributed by atoms with Gasteiger partial charge in [-0.1, -0.05) is 0 Å². The van der Waals surface area contributed by atoms with Gasteiger partial charge < -0.3 is 9.47 Å². The first-order valence-corrected chi connectivity index (χ1v) is 4.49. The quantitative estimate of drug-likeness (QED) is 0.565. The predicted molar refractivity (Wildman–Crippen MR) is 37.6 cm³/mol. The third kappa shape index (κ3) is 6.21. The van der Waals surface area contributed by atoms with E-state index in [0.717, 1.165) is 0 Å². The number of hydrogen-bond donors (Lipinski definition) is 0.